The minimum atomic E-state index is 0.0800. The highest BCUT2D eigenvalue weighted by atomic mass is 79.9. The number of carbonyl (C=O) groups excluding carboxylic acids is 1. The maximum absolute atomic E-state index is 12.7. The van der Waals surface area contributed by atoms with Crippen molar-refractivity contribution in [3.63, 3.8) is 0 Å². The molecule has 0 bridgehead atoms. The molecule has 4 heteroatoms. The van der Waals surface area contributed by atoms with Gasteiger partial charge in [-0.25, -0.2) is 0 Å². The van der Waals surface area contributed by atoms with Crippen LogP contribution in [-0.2, 0) is 0 Å². The molecule has 0 aromatic heterocycles. The Bertz CT molecular complexity index is 444. The molecule has 1 amide bonds. The number of amides is 1. The molecule has 0 saturated heterocycles. The van der Waals surface area contributed by atoms with Crippen LogP contribution in [0.15, 0.2) is 18.2 Å². The van der Waals surface area contributed by atoms with Gasteiger partial charge >= 0.3 is 0 Å². The molecule has 0 aliphatic rings. The number of carbonyl (C=O) groups is 1. The summed E-state index contributed by atoms with van der Waals surface area (Å²) in [6.45, 7) is 6.95. The van der Waals surface area contributed by atoms with Gasteiger partial charge < -0.3 is 9.64 Å². The number of methoxy groups -OCH3 is 1. The highest BCUT2D eigenvalue weighted by Gasteiger charge is 2.22. The monoisotopic (exact) mass is 341 g/mol. The van der Waals surface area contributed by atoms with E-state index in [1.165, 1.54) is 0 Å². The summed E-state index contributed by atoms with van der Waals surface area (Å²) in [5, 5.41) is 0.790. The van der Waals surface area contributed by atoms with Crippen LogP contribution >= 0.6 is 15.9 Å². The van der Waals surface area contributed by atoms with Crippen molar-refractivity contribution >= 4 is 21.8 Å². The third-order valence-electron chi connectivity index (χ3n) is 3.62. The lowest BCUT2D eigenvalue weighted by Crippen LogP contribution is -2.41. The molecule has 0 fully saturated rings. The van der Waals surface area contributed by atoms with Crippen molar-refractivity contribution < 1.29 is 9.53 Å². The Morgan fingerprint density at radius 1 is 1.35 bits per heavy atom. The highest BCUT2D eigenvalue weighted by molar-refractivity contribution is 9.09. The summed E-state index contributed by atoms with van der Waals surface area (Å²) >= 11 is 3.44. The summed E-state index contributed by atoms with van der Waals surface area (Å²) in [5.41, 5.74) is 1.74. The van der Waals surface area contributed by atoms with E-state index in [1.54, 1.807) is 7.11 Å². The Hall–Kier alpha value is -1.03. The van der Waals surface area contributed by atoms with Crippen molar-refractivity contribution in [1.29, 1.82) is 0 Å². The lowest BCUT2D eigenvalue weighted by Gasteiger charge is -2.30. The first-order valence-electron chi connectivity index (χ1n) is 7.10. The van der Waals surface area contributed by atoms with Gasteiger partial charge in [0.1, 0.15) is 5.75 Å². The van der Waals surface area contributed by atoms with Gasteiger partial charge in [-0.2, -0.15) is 0 Å². The second kappa shape index (κ2) is 8.30. The van der Waals surface area contributed by atoms with Crippen molar-refractivity contribution in [2.45, 2.75) is 39.7 Å². The molecule has 20 heavy (non-hydrogen) atoms. The molecule has 0 heterocycles. The van der Waals surface area contributed by atoms with Gasteiger partial charge in [-0.05, 0) is 37.5 Å². The van der Waals surface area contributed by atoms with E-state index in [0.717, 1.165) is 36.0 Å². The van der Waals surface area contributed by atoms with E-state index in [4.69, 9.17) is 4.74 Å². The second-order valence-corrected chi connectivity index (χ2v) is 5.64. The number of hydrogen-bond acceptors (Lipinski definition) is 2. The summed E-state index contributed by atoms with van der Waals surface area (Å²) in [4.78, 5) is 14.7. The van der Waals surface area contributed by atoms with E-state index in [-0.39, 0.29) is 11.9 Å². The van der Waals surface area contributed by atoms with E-state index in [1.807, 2.05) is 30.0 Å². The van der Waals surface area contributed by atoms with E-state index in [0.29, 0.717) is 5.56 Å². The Labute approximate surface area is 130 Å². The minimum Gasteiger partial charge on any atom is -0.496 e. The third kappa shape index (κ3) is 3.98. The fourth-order valence-corrected chi connectivity index (χ4v) is 2.77. The molecule has 1 rings (SSSR count). The molecule has 112 valence electrons. The number of hydrogen-bond donors (Lipinski definition) is 0. The fraction of sp³-hybridized carbons (Fsp3) is 0.562. The van der Waals surface area contributed by atoms with Crippen molar-refractivity contribution in [2.24, 2.45) is 0 Å². The molecule has 0 aliphatic heterocycles. The summed E-state index contributed by atoms with van der Waals surface area (Å²) in [6.07, 6.45) is 1.94. The zero-order valence-corrected chi connectivity index (χ0v) is 14.4. The Balaban J connectivity index is 3.05. The fourth-order valence-electron chi connectivity index (χ4n) is 2.39. The molecule has 0 N–H and O–H groups in total. The summed E-state index contributed by atoms with van der Waals surface area (Å²) in [7, 11) is 1.63. The Kier molecular flexibility index (Phi) is 7.06. The first-order chi connectivity index (χ1) is 9.58. The second-order valence-electron chi connectivity index (χ2n) is 4.84. The average molecular weight is 342 g/mol. The number of rotatable bonds is 7. The van der Waals surface area contributed by atoms with Crippen LogP contribution in [-0.4, -0.2) is 35.8 Å². The van der Waals surface area contributed by atoms with E-state index < -0.39 is 0 Å². The van der Waals surface area contributed by atoms with Gasteiger partial charge in [0.05, 0.1) is 7.11 Å². The van der Waals surface area contributed by atoms with E-state index in [2.05, 4.69) is 29.8 Å². The van der Waals surface area contributed by atoms with Crippen LogP contribution in [0.4, 0.5) is 0 Å². The molecular formula is C16H24BrNO2. The van der Waals surface area contributed by atoms with Crippen LogP contribution in [0.1, 0.15) is 42.6 Å². The largest absolute Gasteiger partial charge is 0.496 e. The Morgan fingerprint density at radius 2 is 2.00 bits per heavy atom. The maximum Gasteiger partial charge on any atom is 0.254 e. The minimum absolute atomic E-state index is 0.0800. The molecule has 0 radical (unpaired) electrons. The molecule has 0 unspecified atom stereocenters. The zero-order valence-electron chi connectivity index (χ0n) is 12.8. The van der Waals surface area contributed by atoms with Crippen LogP contribution < -0.4 is 4.74 Å². The van der Waals surface area contributed by atoms with E-state index >= 15 is 0 Å². The smallest absolute Gasteiger partial charge is 0.254 e. The average Bonchev–Trinajstić information content (AvgIpc) is 2.47. The van der Waals surface area contributed by atoms with Crippen LogP contribution in [0.5, 0.6) is 5.75 Å². The predicted molar refractivity (Wildman–Crippen MR) is 86.9 cm³/mol. The van der Waals surface area contributed by atoms with Gasteiger partial charge in [0.25, 0.3) is 5.91 Å². The molecule has 3 nitrogen and oxygen atoms in total. The summed E-state index contributed by atoms with van der Waals surface area (Å²) in [5.74, 6) is 0.843. The highest BCUT2D eigenvalue weighted by Crippen LogP contribution is 2.21. The standard InChI is InChI=1S/C16H24BrNO2/c1-5-14(6-2)18(10-9-17)16(19)13-8-7-12(3)15(11-13)20-4/h7-8,11,14H,5-6,9-10H2,1-4H3. The van der Waals surface area contributed by atoms with Crippen LogP contribution in [0.2, 0.25) is 0 Å². The summed E-state index contributed by atoms with van der Waals surface area (Å²) < 4.78 is 5.31. The first kappa shape index (κ1) is 17.0. The molecule has 0 aliphatic carbocycles. The van der Waals surface area contributed by atoms with Gasteiger partial charge in [0.2, 0.25) is 0 Å². The number of halogens is 1. The van der Waals surface area contributed by atoms with Crippen molar-refractivity contribution in [3.05, 3.63) is 29.3 Å². The number of benzene rings is 1. The molecule has 1 aromatic rings. The number of aryl methyl sites for hydroxylation is 1. The topological polar surface area (TPSA) is 29.5 Å². The normalized spacial score (nSPS) is 10.7. The van der Waals surface area contributed by atoms with Crippen LogP contribution in [0.25, 0.3) is 0 Å². The Morgan fingerprint density at radius 3 is 2.50 bits per heavy atom. The van der Waals surface area contributed by atoms with Crippen molar-refractivity contribution in [2.75, 3.05) is 19.0 Å². The van der Waals surface area contributed by atoms with Crippen LogP contribution in [0, 0.1) is 6.92 Å². The van der Waals surface area contributed by atoms with Gasteiger partial charge in [-0.3, -0.25) is 4.79 Å². The number of alkyl halides is 1. The molecule has 0 atom stereocenters. The predicted octanol–water partition coefficient (Wildman–Crippen LogP) is 4.03. The quantitative estimate of drug-likeness (QED) is 0.700. The van der Waals surface area contributed by atoms with Crippen molar-refractivity contribution in [3.8, 4) is 5.75 Å². The number of nitrogens with zero attached hydrogens (tertiary/aromatic N) is 1. The van der Waals surface area contributed by atoms with Gasteiger partial charge in [0, 0.05) is 23.5 Å². The molecule has 0 saturated carbocycles. The van der Waals surface area contributed by atoms with Gasteiger partial charge in [-0.1, -0.05) is 35.8 Å². The zero-order chi connectivity index (χ0) is 15.1. The molecule has 1 aromatic carbocycles. The maximum atomic E-state index is 12.7. The molecule has 0 spiro atoms. The van der Waals surface area contributed by atoms with Crippen molar-refractivity contribution in [1.82, 2.24) is 4.90 Å². The van der Waals surface area contributed by atoms with Crippen LogP contribution in [0.3, 0.4) is 0 Å². The summed E-state index contributed by atoms with van der Waals surface area (Å²) in [6, 6.07) is 5.93. The lowest BCUT2D eigenvalue weighted by molar-refractivity contribution is 0.0682. The first-order valence-corrected chi connectivity index (χ1v) is 8.22. The van der Waals surface area contributed by atoms with Gasteiger partial charge in [-0.15, -0.1) is 0 Å². The van der Waals surface area contributed by atoms with E-state index in [9.17, 15) is 4.79 Å². The molecular weight excluding hydrogens is 318 g/mol. The lowest BCUT2D eigenvalue weighted by atomic mass is 10.1. The number of ether oxygens (including phenoxy) is 1. The van der Waals surface area contributed by atoms with Gasteiger partial charge in [0.15, 0.2) is 0 Å². The third-order valence-corrected chi connectivity index (χ3v) is 3.98. The SMILES string of the molecule is CCC(CC)N(CCBr)C(=O)c1ccc(C)c(OC)c1.